The lowest BCUT2D eigenvalue weighted by atomic mass is 9.91. The molecule has 138 valence electrons. The molecule has 2 heterocycles. The molecule has 0 aliphatic carbocycles. The number of nitro benzene ring substituents is 1. The number of carbonyl (C=O) groups excluding carboxylic acids is 2. The molecule has 0 saturated carbocycles. The van der Waals surface area contributed by atoms with Crippen LogP contribution in [0.5, 0.6) is 0 Å². The van der Waals surface area contributed by atoms with Crippen LogP contribution in [0.15, 0.2) is 47.4 Å². The summed E-state index contributed by atoms with van der Waals surface area (Å²) in [5.74, 6) is -1.90. The van der Waals surface area contributed by atoms with Gasteiger partial charge in [-0.3, -0.25) is 14.9 Å². The predicted octanol–water partition coefficient (Wildman–Crippen LogP) is 2.33. The number of rotatable bonds is 5. The van der Waals surface area contributed by atoms with Crippen LogP contribution >= 0.6 is 23.6 Å². The van der Waals surface area contributed by atoms with E-state index in [-0.39, 0.29) is 16.4 Å². The Labute approximate surface area is 163 Å². The standard InChI is InChI=1S/C17H13N3O5S2/c1-25-16(22)15(21)12-13(9-4-2-5-10(8-9)20(23)24)18-17(26)19-14(12)11-6-3-7-27-11/h2-8,13H,1H3,(H2,18,19,26)/t13-/m1/s1. The van der Waals surface area contributed by atoms with Crippen molar-refractivity contribution < 1.29 is 19.2 Å². The number of nitro groups is 1. The molecular weight excluding hydrogens is 390 g/mol. The maximum absolute atomic E-state index is 12.8. The van der Waals surface area contributed by atoms with Crippen molar-refractivity contribution in [3.63, 3.8) is 0 Å². The first-order valence-corrected chi connectivity index (χ1v) is 8.93. The summed E-state index contributed by atoms with van der Waals surface area (Å²) >= 11 is 6.60. The molecular formula is C17H13N3O5S2. The second kappa shape index (κ2) is 7.64. The van der Waals surface area contributed by atoms with Gasteiger partial charge in [0.2, 0.25) is 0 Å². The SMILES string of the molecule is COC(=O)C(=O)C1=C(c2cccs2)NC(=S)N[C@@H]1c1cccc([N+](=O)[O-])c1. The number of nitrogens with one attached hydrogen (secondary N) is 2. The van der Waals surface area contributed by atoms with Gasteiger partial charge in [0.15, 0.2) is 5.11 Å². The molecule has 2 aromatic rings. The zero-order valence-corrected chi connectivity index (χ0v) is 15.6. The Bertz CT molecular complexity index is 969. The molecule has 0 radical (unpaired) electrons. The number of ketones is 1. The lowest BCUT2D eigenvalue weighted by Gasteiger charge is -2.30. The number of nitrogens with zero attached hydrogens (tertiary/aromatic N) is 1. The van der Waals surface area contributed by atoms with Gasteiger partial charge >= 0.3 is 5.97 Å². The smallest absolute Gasteiger partial charge is 0.379 e. The number of esters is 1. The van der Waals surface area contributed by atoms with Crippen molar-refractivity contribution in [2.24, 2.45) is 0 Å². The fraction of sp³-hybridized carbons (Fsp3) is 0.118. The Balaban J connectivity index is 2.21. The van der Waals surface area contributed by atoms with E-state index in [4.69, 9.17) is 12.2 Å². The number of methoxy groups -OCH3 is 1. The van der Waals surface area contributed by atoms with E-state index in [0.717, 1.165) is 7.11 Å². The average molecular weight is 403 g/mol. The normalized spacial score (nSPS) is 16.3. The summed E-state index contributed by atoms with van der Waals surface area (Å²) in [5.41, 5.74) is 0.745. The highest BCUT2D eigenvalue weighted by Gasteiger charge is 2.36. The third kappa shape index (κ3) is 3.71. The summed E-state index contributed by atoms with van der Waals surface area (Å²) in [5, 5.41) is 19.0. The van der Waals surface area contributed by atoms with E-state index in [2.05, 4.69) is 15.4 Å². The van der Waals surface area contributed by atoms with Crippen LogP contribution in [0.1, 0.15) is 16.5 Å². The minimum absolute atomic E-state index is 0.0818. The fourth-order valence-electron chi connectivity index (χ4n) is 2.69. The Kier molecular flexibility index (Phi) is 5.28. The summed E-state index contributed by atoms with van der Waals surface area (Å²) in [6.45, 7) is 0. The van der Waals surface area contributed by atoms with E-state index >= 15 is 0 Å². The lowest BCUT2D eigenvalue weighted by molar-refractivity contribution is -0.384. The van der Waals surface area contributed by atoms with Crippen molar-refractivity contribution in [1.82, 2.24) is 10.6 Å². The molecule has 10 heteroatoms. The molecule has 1 aromatic heterocycles. The molecule has 0 amide bonds. The van der Waals surface area contributed by atoms with Crippen molar-refractivity contribution in [2.45, 2.75) is 6.04 Å². The molecule has 1 aromatic carbocycles. The van der Waals surface area contributed by atoms with Crippen LogP contribution in [-0.2, 0) is 14.3 Å². The van der Waals surface area contributed by atoms with E-state index in [1.165, 1.54) is 29.5 Å². The Hall–Kier alpha value is -3.11. The van der Waals surface area contributed by atoms with E-state index in [1.807, 2.05) is 5.38 Å². The highest BCUT2D eigenvalue weighted by molar-refractivity contribution is 7.80. The molecule has 0 saturated heterocycles. The molecule has 1 aliphatic rings. The van der Waals surface area contributed by atoms with Crippen LogP contribution in [0.2, 0.25) is 0 Å². The monoisotopic (exact) mass is 403 g/mol. The Morgan fingerprint density at radius 1 is 1.30 bits per heavy atom. The molecule has 3 rings (SSSR count). The van der Waals surface area contributed by atoms with Gasteiger partial charge < -0.3 is 15.4 Å². The molecule has 2 N–H and O–H groups in total. The molecule has 0 fully saturated rings. The summed E-state index contributed by atoms with van der Waals surface area (Å²) in [4.78, 5) is 36.0. The van der Waals surface area contributed by atoms with Gasteiger partial charge in [0.25, 0.3) is 11.5 Å². The number of non-ortho nitro benzene ring substituents is 1. The third-order valence-electron chi connectivity index (χ3n) is 3.87. The van der Waals surface area contributed by atoms with Crippen molar-refractivity contribution in [1.29, 1.82) is 0 Å². The predicted molar refractivity (Wildman–Crippen MR) is 103 cm³/mol. The molecule has 0 spiro atoms. The zero-order valence-electron chi connectivity index (χ0n) is 13.9. The molecule has 1 atom stereocenters. The summed E-state index contributed by atoms with van der Waals surface area (Å²) in [7, 11) is 1.11. The molecule has 1 aliphatic heterocycles. The van der Waals surface area contributed by atoms with E-state index in [9.17, 15) is 19.7 Å². The Morgan fingerprint density at radius 3 is 2.70 bits per heavy atom. The number of hydrogen-bond donors (Lipinski definition) is 2. The second-order valence-corrected chi connectivity index (χ2v) is 6.83. The number of Topliss-reactive ketones (excluding diaryl/α,β-unsaturated/α-hetero) is 1. The minimum atomic E-state index is -1.04. The van der Waals surface area contributed by atoms with Crippen molar-refractivity contribution >= 4 is 51.8 Å². The molecule has 0 unspecified atom stereocenters. The number of hydrogen-bond acceptors (Lipinski definition) is 7. The number of thiophene rings is 1. The highest BCUT2D eigenvalue weighted by atomic mass is 32.1. The number of thiocarbonyl (C=S) groups is 1. The quantitative estimate of drug-likeness (QED) is 0.257. The summed E-state index contributed by atoms with van der Waals surface area (Å²) < 4.78 is 4.59. The van der Waals surface area contributed by atoms with Crippen molar-refractivity contribution in [2.75, 3.05) is 7.11 Å². The third-order valence-corrected chi connectivity index (χ3v) is 4.98. The van der Waals surface area contributed by atoms with Crippen LogP contribution in [0.4, 0.5) is 5.69 Å². The second-order valence-electron chi connectivity index (χ2n) is 5.47. The molecule has 27 heavy (non-hydrogen) atoms. The van der Waals surface area contributed by atoms with Crippen LogP contribution in [0.25, 0.3) is 5.70 Å². The highest BCUT2D eigenvalue weighted by Crippen LogP contribution is 2.34. The zero-order chi connectivity index (χ0) is 19.6. The van der Waals surface area contributed by atoms with Crippen LogP contribution in [0.3, 0.4) is 0 Å². The first-order valence-electron chi connectivity index (χ1n) is 7.65. The van der Waals surface area contributed by atoms with Crippen LogP contribution in [-0.4, -0.2) is 28.9 Å². The van der Waals surface area contributed by atoms with Gasteiger partial charge in [0, 0.05) is 12.1 Å². The average Bonchev–Trinajstić information content (AvgIpc) is 3.21. The van der Waals surface area contributed by atoms with Crippen molar-refractivity contribution in [3.05, 3.63) is 67.9 Å². The number of carbonyl (C=O) groups is 2. The lowest BCUT2D eigenvalue weighted by Crippen LogP contribution is -2.45. The van der Waals surface area contributed by atoms with Gasteiger partial charge in [-0.1, -0.05) is 18.2 Å². The molecule has 0 bridgehead atoms. The van der Waals surface area contributed by atoms with Gasteiger partial charge in [-0.15, -0.1) is 11.3 Å². The van der Waals surface area contributed by atoms with Gasteiger partial charge in [-0.25, -0.2) is 4.79 Å². The van der Waals surface area contributed by atoms with Crippen LogP contribution in [0, 0.1) is 10.1 Å². The van der Waals surface area contributed by atoms with Gasteiger partial charge in [-0.05, 0) is 29.2 Å². The number of ether oxygens (including phenoxy) is 1. The van der Waals surface area contributed by atoms with Gasteiger partial charge in [0.05, 0.1) is 34.2 Å². The first-order chi connectivity index (χ1) is 12.9. The maximum atomic E-state index is 12.8. The maximum Gasteiger partial charge on any atom is 0.379 e. The van der Waals surface area contributed by atoms with E-state index < -0.39 is 22.7 Å². The molecule has 8 nitrogen and oxygen atoms in total. The fourth-order valence-corrected chi connectivity index (χ4v) is 3.65. The minimum Gasteiger partial charge on any atom is -0.463 e. The van der Waals surface area contributed by atoms with E-state index in [0.29, 0.717) is 16.1 Å². The van der Waals surface area contributed by atoms with E-state index in [1.54, 1.807) is 18.2 Å². The van der Waals surface area contributed by atoms with Gasteiger partial charge in [0.1, 0.15) is 0 Å². The largest absolute Gasteiger partial charge is 0.463 e. The Morgan fingerprint density at radius 2 is 2.07 bits per heavy atom. The number of benzene rings is 1. The summed E-state index contributed by atoms with van der Waals surface area (Å²) in [6, 6.07) is 8.53. The van der Waals surface area contributed by atoms with Crippen molar-refractivity contribution in [3.8, 4) is 0 Å². The first kappa shape index (κ1) is 18.7. The van der Waals surface area contributed by atoms with Crippen LogP contribution < -0.4 is 10.6 Å². The topological polar surface area (TPSA) is 111 Å². The van der Waals surface area contributed by atoms with Gasteiger partial charge in [-0.2, -0.15) is 0 Å². The summed E-state index contributed by atoms with van der Waals surface area (Å²) in [6.07, 6.45) is 0.